The Kier molecular flexibility index (Phi) is 7.61. The van der Waals surface area contributed by atoms with E-state index in [1.807, 2.05) is 0 Å². The van der Waals surface area contributed by atoms with Gasteiger partial charge in [0.15, 0.2) is 0 Å². The minimum Gasteiger partial charge on any atom is -0.444 e. The predicted molar refractivity (Wildman–Crippen MR) is 109 cm³/mol. The number of nitrogens with one attached hydrogen (secondary N) is 3. The van der Waals surface area contributed by atoms with E-state index in [0.29, 0.717) is 11.4 Å². The molecule has 2 rings (SSSR count). The van der Waals surface area contributed by atoms with Gasteiger partial charge in [0.25, 0.3) is 0 Å². The third kappa shape index (κ3) is 7.82. The van der Waals surface area contributed by atoms with Crippen molar-refractivity contribution in [1.29, 1.82) is 0 Å². The van der Waals surface area contributed by atoms with Crippen LogP contribution in [0.3, 0.4) is 0 Å². The highest BCUT2D eigenvalue weighted by atomic mass is 16.6. The van der Waals surface area contributed by atoms with Gasteiger partial charge in [-0.05, 0) is 58.6 Å². The summed E-state index contributed by atoms with van der Waals surface area (Å²) < 4.78 is 5.09. The fraction of sp³-hybridized carbons (Fsp3) is 0.476. The van der Waals surface area contributed by atoms with Crippen molar-refractivity contribution in [2.45, 2.75) is 58.5 Å². The second-order valence-electron chi connectivity index (χ2n) is 7.80. The zero-order valence-corrected chi connectivity index (χ0v) is 16.8. The molecule has 3 amide bonds. The van der Waals surface area contributed by atoms with Crippen LogP contribution in [0.25, 0.3) is 0 Å². The molecule has 7 nitrogen and oxygen atoms in total. The van der Waals surface area contributed by atoms with Gasteiger partial charge in [0.05, 0.1) is 11.4 Å². The molecule has 0 saturated heterocycles. The average Bonchev–Trinajstić information content (AvgIpc) is 2.61. The lowest BCUT2D eigenvalue weighted by molar-refractivity contribution is -0.115. The largest absolute Gasteiger partial charge is 0.444 e. The molecule has 0 unspecified atom stereocenters. The van der Waals surface area contributed by atoms with E-state index in [1.165, 1.54) is 6.42 Å². The molecule has 0 aromatic heterocycles. The van der Waals surface area contributed by atoms with E-state index in [9.17, 15) is 14.4 Å². The van der Waals surface area contributed by atoms with Crippen molar-refractivity contribution in [3.8, 4) is 0 Å². The third-order valence-corrected chi connectivity index (χ3v) is 4.08. The summed E-state index contributed by atoms with van der Waals surface area (Å²) in [6.45, 7) is 5.00. The summed E-state index contributed by atoms with van der Waals surface area (Å²) in [6, 6.07) is 6.94. The zero-order chi connectivity index (χ0) is 20.6. The van der Waals surface area contributed by atoms with Crippen molar-refractivity contribution in [2.24, 2.45) is 0 Å². The number of alkyl carbamates (subject to hydrolysis) is 1. The lowest BCUT2D eigenvalue weighted by atomic mass is 9.94. The molecular weight excluding hydrogens is 358 g/mol. The van der Waals surface area contributed by atoms with Crippen molar-refractivity contribution in [1.82, 2.24) is 5.32 Å². The van der Waals surface area contributed by atoms with E-state index in [2.05, 4.69) is 16.0 Å². The maximum Gasteiger partial charge on any atom is 0.408 e. The summed E-state index contributed by atoms with van der Waals surface area (Å²) in [7, 11) is 0. The van der Waals surface area contributed by atoms with Crippen LogP contribution in [0, 0.1) is 0 Å². The molecule has 1 fully saturated rings. The van der Waals surface area contributed by atoms with Gasteiger partial charge in [0.2, 0.25) is 11.8 Å². The first-order valence-electron chi connectivity index (χ1n) is 9.59. The summed E-state index contributed by atoms with van der Waals surface area (Å²) in [6.07, 6.45) is 6.37. The lowest BCUT2D eigenvalue weighted by Crippen LogP contribution is -2.37. The molecule has 1 aliphatic rings. The SMILES string of the molecule is CC(C)(C)OC(=O)NCC(=O)Nc1ccccc1NC(=O)C=C1CCCCC1. The molecule has 0 radical (unpaired) electrons. The predicted octanol–water partition coefficient (Wildman–Crippen LogP) is 3.98. The van der Waals surface area contributed by atoms with Crippen molar-refractivity contribution in [3.63, 3.8) is 0 Å². The van der Waals surface area contributed by atoms with Crippen LogP contribution in [0.15, 0.2) is 35.9 Å². The van der Waals surface area contributed by atoms with Crippen LogP contribution in [0.4, 0.5) is 16.2 Å². The molecule has 1 saturated carbocycles. The van der Waals surface area contributed by atoms with Gasteiger partial charge in [-0.25, -0.2) is 4.79 Å². The van der Waals surface area contributed by atoms with Crippen LogP contribution in [0.5, 0.6) is 0 Å². The highest BCUT2D eigenvalue weighted by Crippen LogP contribution is 2.24. The van der Waals surface area contributed by atoms with Gasteiger partial charge >= 0.3 is 6.09 Å². The molecule has 0 spiro atoms. The molecule has 0 heterocycles. The van der Waals surface area contributed by atoms with Crippen LogP contribution in [0.2, 0.25) is 0 Å². The van der Waals surface area contributed by atoms with Crippen LogP contribution >= 0.6 is 0 Å². The Balaban J connectivity index is 1.91. The van der Waals surface area contributed by atoms with E-state index >= 15 is 0 Å². The number of hydrogen-bond acceptors (Lipinski definition) is 4. The van der Waals surface area contributed by atoms with E-state index in [-0.39, 0.29) is 12.5 Å². The van der Waals surface area contributed by atoms with Gasteiger partial charge in [-0.2, -0.15) is 0 Å². The molecular formula is C21H29N3O4. The second kappa shape index (κ2) is 9.92. The van der Waals surface area contributed by atoms with Gasteiger partial charge < -0.3 is 20.7 Å². The first-order valence-corrected chi connectivity index (χ1v) is 9.59. The molecule has 7 heteroatoms. The van der Waals surface area contributed by atoms with E-state index in [4.69, 9.17) is 4.74 Å². The number of para-hydroxylation sites is 2. The quantitative estimate of drug-likeness (QED) is 0.666. The van der Waals surface area contributed by atoms with E-state index in [0.717, 1.165) is 31.3 Å². The molecule has 0 aliphatic heterocycles. The Bertz CT molecular complexity index is 742. The Morgan fingerprint density at radius 1 is 1.00 bits per heavy atom. The van der Waals surface area contributed by atoms with E-state index < -0.39 is 17.6 Å². The van der Waals surface area contributed by atoms with Gasteiger partial charge in [-0.15, -0.1) is 0 Å². The topological polar surface area (TPSA) is 96.5 Å². The Labute approximate surface area is 165 Å². The molecule has 152 valence electrons. The molecule has 0 bridgehead atoms. The monoisotopic (exact) mass is 387 g/mol. The second-order valence-corrected chi connectivity index (χ2v) is 7.80. The first-order chi connectivity index (χ1) is 13.2. The Morgan fingerprint density at radius 3 is 2.21 bits per heavy atom. The van der Waals surface area contributed by atoms with Gasteiger partial charge in [-0.1, -0.05) is 24.1 Å². The number of benzene rings is 1. The smallest absolute Gasteiger partial charge is 0.408 e. The van der Waals surface area contributed by atoms with Gasteiger partial charge in [0.1, 0.15) is 12.1 Å². The number of anilines is 2. The van der Waals surface area contributed by atoms with E-state index in [1.54, 1.807) is 51.1 Å². The number of carbonyl (C=O) groups excluding carboxylic acids is 3. The number of allylic oxidation sites excluding steroid dienone is 1. The molecule has 1 aromatic carbocycles. The van der Waals surface area contributed by atoms with Crippen molar-refractivity contribution >= 4 is 29.3 Å². The van der Waals surface area contributed by atoms with Crippen LogP contribution in [-0.4, -0.2) is 30.1 Å². The summed E-state index contributed by atoms with van der Waals surface area (Å²) >= 11 is 0. The lowest BCUT2D eigenvalue weighted by Gasteiger charge is -2.19. The molecule has 1 aromatic rings. The van der Waals surface area contributed by atoms with Crippen LogP contribution in [0.1, 0.15) is 52.9 Å². The highest BCUT2D eigenvalue weighted by molar-refractivity contribution is 6.04. The molecule has 0 atom stereocenters. The first kappa shape index (κ1) is 21.5. The summed E-state index contributed by atoms with van der Waals surface area (Å²) in [5.74, 6) is -0.622. The summed E-state index contributed by atoms with van der Waals surface area (Å²) in [5, 5.41) is 7.91. The number of hydrogen-bond donors (Lipinski definition) is 3. The summed E-state index contributed by atoms with van der Waals surface area (Å²) in [4.78, 5) is 36.1. The highest BCUT2D eigenvalue weighted by Gasteiger charge is 2.17. The molecule has 1 aliphatic carbocycles. The zero-order valence-electron chi connectivity index (χ0n) is 16.8. The number of rotatable bonds is 5. The minimum absolute atomic E-state index is 0.203. The number of amides is 3. The van der Waals surface area contributed by atoms with Crippen molar-refractivity contribution < 1.29 is 19.1 Å². The van der Waals surface area contributed by atoms with Crippen LogP contribution < -0.4 is 16.0 Å². The van der Waals surface area contributed by atoms with Gasteiger partial charge in [0, 0.05) is 6.08 Å². The van der Waals surface area contributed by atoms with Crippen molar-refractivity contribution in [2.75, 3.05) is 17.2 Å². The maximum atomic E-state index is 12.3. The normalized spacial score (nSPS) is 14.0. The molecule has 3 N–H and O–H groups in total. The van der Waals surface area contributed by atoms with Crippen LogP contribution in [-0.2, 0) is 14.3 Å². The summed E-state index contributed by atoms with van der Waals surface area (Å²) in [5.41, 5.74) is 1.50. The number of carbonyl (C=O) groups is 3. The fourth-order valence-electron chi connectivity index (χ4n) is 2.87. The third-order valence-electron chi connectivity index (χ3n) is 4.08. The minimum atomic E-state index is -0.664. The van der Waals surface area contributed by atoms with Crippen molar-refractivity contribution in [3.05, 3.63) is 35.9 Å². The molecule has 28 heavy (non-hydrogen) atoms. The number of ether oxygens (including phenoxy) is 1. The fourth-order valence-corrected chi connectivity index (χ4v) is 2.87. The Morgan fingerprint density at radius 2 is 1.61 bits per heavy atom. The maximum absolute atomic E-state index is 12.3. The standard InChI is InChI=1S/C21H29N3O4/c1-21(2,3)28-20(27)22-14-19(26)24-17-12-8-7-11-16(17)23-18(25)13-15-9-5-4-6-10-15/h7-8,11-13H,4-6,9-10,14H2,1-3H3,(H,22,27)(H,23,25)(H,24,26). The van der Waals surface area contributed by atoms with Gasteiger partial charge in [-0.3, -0.25) is 9.59 Å². The average molecular weight is 387 g/mol. The Hall–Kier alpha value is -2.83.